The van der Waals surface area contributed by atoms with Crippen LogP contribution in [0.15, 0.2) is 24.3 Å². The molecule has 0 heterocycles. The van der Waals surface area contributed by atoms with Crippen LogP contribution in [0.3, 0.4) is 0 Å². The third-order valence-electron chi connectivity index (χ3n) is 1.62. The summed E-state index contributed by atoms with van der Waals surface area (Å²) in [6.07, 6.45) is -1.29. The number of amides is 1. The molecule has 0 aromatic heterocycles. The lowest BCUT2D eigenvalue weighted by Crippen LogP contribution is -2.38. The van der Waals surface area contributed by atoms with E-state index in [9.17, 15) is 9.90 Å². The van der Waals surface area contributed by atoms with Crippen molar-refractivity contribution in [2.75, 3.05) is 0 Å². The Hall–Kier alpha value is -0.480. The third-order valence-corrected chi connectivity index (χ3v) is 2.35. The van der Waals surface area contributed by atoms with Crippen molar-refractivity contribution in [3.8, 4) is 0 Å². The molecular weight excluding hydrogens is 260 g/mol. The maximum atomic E-state index is 11.4. The van der Waals surface area contributed by atoms with Gasteiger partial charge in [0.1, 0.15) is 0 Å². The van der Waals surface area contributed by atoms with Crippen molar-refractivity contribution in [1.82, 2.24) is 5.32 Å². The van der Waals surface area contributed by atoms with Crippen molar-refractivity contribution in [2.45, 2.75) is 11.1 Å². The Kier molecular flexibility index (Phi) is 4.67. The number of carbonyl (C=O) groups excluding carboxylic acids is 1. The molecule has 1 aromatic rings. The van der Waals surface area contributed by atoms with Gasteiger partial charge in [0.05, 0.1) is 0 Å². The first-order valence-electron chi connectivity index (χ1n) is 4.03. The van der Waals surface area contributed by atoms with Gasteiger partial charge < -0.3 is 10.4 Å². The summed E-state index contributed by atoms with van der Waals surface area (Å²) >= 11 is 16.4. The molecule has 82 valence electrons. The van der Waals surface area contributed by atoms with Gasteiger partial charge in [-0.15, -0.1) is 23.2 Å². The van der Waals surface area contributed by atoms with E-state index >= 15 is 0 Å². The van der Waals surface area contributed by atoms with Crippen LogP contribution in [0.25, 0.3) is 0 Å². The highest BCUT2D eigenvalue weighted by atomic mass is 35.5. The lowest BCUT2D eigenvalue weighted by Gasteiger charge is -2.13. The SMILES string of the molecule is O=C(N[C@H](O)C(Cl)Cl)c1ccc(Cl)cc1. The number of aliphatic hydroxyl groups excluding tert-OH is 1. The molecular formula is C9H8Cl3NO2. The lowest BCUT2D eigenvalue weighted by atomic mass is 10.2. The summed E-state index contributed by atoms with van der Waals surface area (Å²) in [5.41, 5.74) is 0.368. The Morgan fingerprint density at radius 1 is 1.27 bits per heavy atom. The molecule has 0 fully saturated rings. The second-order valence-corrected chi connectivity index (χ2v) is 4.36. The van der Waals surface area contributed by atoms with Crippen LogP contribution in [0.1, 0.15) is 10.4 Å². The fraction of sp³-hybridized carbons (Fsp3) is 0.222. The first-order chi connectivity index (χ1) is 7.00. The van der Waals surface area contributed by atoms with Crippen molar-refractivity contribution >= 4 is 40.7 Å². The van der Waals surface area contributed by atoms with Crippen LogP contribution in [-0.2, 0) is 0 Å². The summed E-state index contributed by atoms with van der Waals surface area (Å²) in [5, 5.41) is 11.9. The average Bonchev–Trinajstić information content (AvgIpc) is 2.18. The molecule has 0 saturated heterocycles. The van der Waals surface area contributed by atoms with E-state index in [2.05, 4.69) is 5.32 Å². The van der Waals surface area contributed by atoms with Crippen molar-refractivity contribution in [3.05, 3.63) is 34.9 Å². The normalized spacial score (nSPS) is 12.6. The number of hydrogen-bond acceptors (Lipinski definition) is 2. The number of rotatable bonds is 3. The standard InChI is InChI=1S/C9H8Cl3NO2/c10-6-3-1-5(2-4-6)8(14)13-9(15)7(11)12/h1-4,7,9,15H,(H,13,14)/t9-/m1/s1. The molecule has 15 heavy (non-hydrogen) atoms. The van der Waals surface area contributed by atoms with Gasteiger partial charge >= 0.3 is 0 Å². The van der Waals surface area contributed by atoms with Gasteiger partial charge in [-0.1, -0.05) is 11.6 Å². The van der Waals surface area contributed by atoms with Gasteiger partial charge in [0.2, 0.25) is 0 Å². The van der Waals surface area contributed by atoms with Crippen LogP contribution >= 0.6 is 34.8 Å². The molecule has 0 spiro atoms. The van der Waals surface area contributed by atoms with Crippen LogP contribution in [0.2, 0.25) is 5.02 Å². The molecule has 0 unspecified atom stereocenters. The number of aliphatic hydroxyl groups is 1. The van der Waals surface area contributed by atoms with E-state index in [0.717, 1.165) is 0 Å². The Labute approximate surface area is 102 Å². The highest BCUT2D eigenvalue weighted by Gasteiger charge is 2.16. The number of carbonyl (C=O) groups is 1. The third kappa shape index (κ3) is 3.87. The maximum Gasteiger partial charge on any atom is 0.253 e. The number of halogens is 3. The number of nitrogens with one attached hydrogen (secondary N) is 1. The van der Waals surface area contributed by atoms with E-state index in [4.69, 9.17) is 34.8 Å². The largest absolute Gasteiger partial charge is 0.371 e. The molecule has 3 nitrogen and oxygen atoms in total. The average molecular weight is 269 g/mol. The molecule has 1 atom stereocenters. The maximum absolute atomic E-state index is 11.4. The molecule has 0 bridgehead atoms. The van der Waals surface area contributed by atoms with Gasteiger partial charge in [0, 0.05) is 10.6 Å². The molecule has 0 aliphatic heterocycles. The molecule has 1 rings (SSSR count). The minimum atomic E-state index is -1.29. The zero-order chi connectivity index (χ0) is 11.4. The summed E-state index contributed by atoms with van der Waals surface area (Å²) in [4.78, 5) is 10.4. The topological polar surface area (TPSA) is 49.3 Å². The van der Waals surface area contributed by atoms with E-state index in [1.165, 1.54) is 12.1 Å². The van der Waals surface area contributed by atoms with Crippen molar-refractivity contribution in [2.24, 2.45) is 0 Å². The predicted molar refractivity (Wildman–Crippen MR) is 60.4 cm³/mol. The summed E-state index contributed by atoms with van der Waals surface area (Å²) in [6, 6.07) is 6.20. The molecule has 6 heteroatoms. The summed E-state index contributed by atoms with van der Waals surface area (Å²) in [6.45, 7) is 0. The molecule has 0 radical (unpaired) electrons. The van der Waals surface area contributed by atoms with Gasteiger partial charge in [-0.25, -0.2) is 0 Å². The monoisotopic (exact) mass is 267 g/mol. The minimum absolute atomic E-state index is 0.368. The van der Waals surface area contributed by atoms with Crippen molar-refractivity contribution < 1.29 is 9.90 Å². The smallest absolute Gasteiger partial charge is 0.253 e. The van der Waals surface area contributed by atoms with Gasteiger partial charge in [-0.2, -0.15) is 0 Å². The van der Waals surface area contributed by atoms with Gasteiger partial charge in [-0.3, -0.25) is 4.79 Å². The molecule has 0 aliphatic rings. The number of alkyl halides is 2. The zero-order valence-electron chi connectivity index (χ0n) is 7.45. The minimum Gasteiger partial charge on any atom is -0.371 e. The van der Waals surface area contributed by atoms with E-state index in [0.29, 0.717) is 10.6 Å². The van der Waals surface area contributed by atoms with Crippen LogP contribution in [0.4, 0.5) is 0 Å². The fourth-order valence-electron chi connectivity index (χ4n) is 0.882. The fourth-order valence-corrected chi connectivity index (χ4v) is 1.13. The van der Waals surface area contributed by atoms with Crippen molar-refractivity contribution in [1.29, 1.82) is 0 Å². The molecule has 1 aromatic carbocycles. The van der Waals surface area contributed by atoms with Gasteiger partial charge in [0.25, 0.3) is 5.91 Å². The number of hydrogen-bond donors (Lipinski definition) is 2. The lowest BCUT2D eigenvalue weighted by molar-refractivity contribution is 0.0809. The summed E-state index contributed by atoms with van der Waals surface area (Å²) < 4.78 is 0. The van der Waals surface area contributed by atoms with Crippen LogP contribution < -0.4 is 5.32 Å². The predicted octanol–water partition coefficient (Wildman–Crippen LogP) is 2.19. The Morgan fingerprint density at radius 2 is 1.80 bits per heavy atom. The van der Waals surface area contributed by atoms with E-state index in [1.54, 1.807) is 12.1 Å². The second-order valence-electron chi connectivity index (χ2n) is 2.76. The van der Waals surface area contributed by atoms with Gasteiger partial charge in [0.15, 0.2) is 11.1 Å². The van der Waals surface area contributed by atoms with Gasteiger partial charge in [-0.05, 0) is 24.3 Å². The Bertz CT molecular complexity index is 340. The molecule has 1 amide bonds. The zero-order valence-corrected chi connectivity index (χ0v) is 9.72. The van der Waals surface area contributed by atoms with Crippen LogP contribution in [0, 0.1) is 0 Å². The Balaban J connectivity index is 2.65. The highest BCUT2D eigenvalue weighted by molar-refractivity contribution is 6.44. The first-order valence-corrected chi connectivity index (χ1v) is 5.28. The second kappa shape index (κ2) is 5.56. The van der Waals surface area contributed by atoms with E-state index in [1.807, 2.05) is 0 Å². The van der Waals surface area contributed by atoms with Crippen LogP contribution in [-0.4, -0.2) is 22.1 Å². The molecule has 2 N–H and O–H groups in total. The molecule has 0 aliphatic carbocycles. The van der Waals surface area contributed by atoms with E-state index in [-0.39, 0.29) is 0 Å². The molecule has 0 saturated carbocycles. The number of benzene rings is 1. The summed E-state index contributed by atoms with van der Waals surface area (Å²) in [5.74, 6) is -0.467. The highest BCUT2D eigenvalue weighted by Crippen LogP contribution is 2.10. The first kappa shape index (κ1) is 12.6. The summed E-state index contributed by atoms with van der Waals surface area (Å²) in [7, 11) is 0. The van der Waals surface area contributed by atoms with E-state index < -0.39 is 17.0 Å². The quantitative estimate of drug-likeness (QED) is 0.652. The van der Waals surface area contributed by atoms with Crippen molar-refractivity contribution in [3.63, 3.8) is 0 Å². The van der Waals surface area contributed by atoms with Crippen LogP contribution in [0.5, 0.6) is 0 Å². The Morgan fingerprint density at radius 3 is 2.27 bits per heavy atom.